The molecule has 108 valence electrons. The molecule has 0 aromatic heterocycles. The summed E-state index contributed by atoms with van der Waals surface area (Å²) in [4.78, 5) is 25.9. The second-order valence-electron chi connectivity index (χ2n) is 4.48. The minimum absolute atomic E-state index is 0.0478. The summed E-state index contributed by atoms with van der Waals surface area (Å²) < 4.78 is 37.9. The molecular formula is C13H13F3N2O2. The van der Waals surface area contributed by atoms with Gasteiger partial charge in [0.25, 0.3) is 5.91 Å². The zero-order valence-electron chi connectivity index (χ0n) is 10.8. The summed E-state index contributed by atoms with van der Waals surface area (Å²) in [6.45, 7) is 2.16. The fraction of sp³-hybridized carbons (Fsp3) is 0.385. The van der Waals surface area contributed by atoms with Gasteiger partial charge < -0.3 is 4.90 Å². The van der Waals surface area contributed by atoms with E-state index in [2.05, 4.69) is 0 Å². The molecule has 1 aromatic rings. The Morgan fingerprint density at radius 1 is 1.25 bits per heavy atom. The van der Waals surface area contributed by atoms with Crippen LogP contribution in [0.3, 0.4) is 0 Å². The van der Waals surface area contributed by atoms with Crippen molar-refractivity contribution in [2.75, 3.05) is 18.0 Å². The first-order valence-electron chi connectivity index (χ1n) is 6.13. The van der Waals surface area contributed by atoms with Crippen LogP contribution < -0.4 is 4.90 Å². The Bertz CT molecular complexity index is 543. The van der Waals surface area contributed by atoms with Gasteiger partial charge in [0.2, 0.25) is 0 Å². The lowest BCUT2D eigenvalue weighted by molar-refractivity contribution is -0.137. The van der Waals surface area contributed by atoms with Gasteiger partial charge in [-0.25, -0.2) is 9.69 Å². The van der Waals surface area contributed by atoms with Gasteiger partial charge >= 0.3 is 12.2 Å². The van der Waals surface area contributed by atoms with Crippen LogP contribution in [0.4, 0.5) is 23.7 Å². The fourth-order valence-electron chi connectivity index (χ4n) is 2.07. The topological polar surface area (TPSA) is 40.6 Å². The summed E-state index contributed by atoms with van der Waals surface area (Å²) >= 11 is 0. The molecule has 0 bridgehead atoms. The van der Waals surface area contributed by atoms with Crippen molar-refractivity contribution in [3.8, 4) is 0 Å². The average Bonchev–Trinajstić information content (AvgIpc) is 2.64. The molecule has 0 spiro atoms. The number of nitrogens with zero attached hydrogens (tertiary/aromatic N) is 2. The van der Waals surface area contributed by atoms with Gasteiger partial charge in [0.1, 0.15) is 6.54 Å². The van der Waals surface area contributed by atoms with Gasteiger partial charge in [0, 0.05) is 6.54 Å². The number of alkyl halides is 3. The van der Waals surface area contributed by atoms with Gasteiger partial charge in [-0.3, -0.25) is 4.79 Å². The van der Waals surface area contributed by atoms with E-state index in [1.807, 2.05) is 6.92 Å². The Balaban J connectivity index is 2.32. The second kappa shape index (κ2) is 5.15. The second-order valence-corrected chi connectivity index (χ2v) is 4.48. The van der Waals surface area contributed by atoms with Crippen molar-refractivity contribution in [1.82, 2.24) is 4.90 Å². The summed E-state index contributed by atoms with van der Waals surface area (Å²) in [6, 6.07) is 3.64. The lowest BCUT2D eigenvalue weighted by Crippen LogP contribution is -2.33. The predicted molar refractivity (Wildman–Crippen MR) is 66.2 cm³/mol. The molecule has 0 atom stereocenters. The van der Waals surface area contributed by atoms with E-state index in [0.29, 0.717) is 13.0 Å². The van der Waals surface area contributed by atoms with Crippen molar-refractivity contribution >= 4 is 17.6 Å². The third-order valence-corrected chi connectivity index (χ3v) is 2.96. The molecular weight excluding hydrogens is 273 g/mol. The molecule has 1 aliphatic rings. The third-order valence-electron chi connectivity index (χ3n) is 2.96. The highest BCUT2D eigenvalue weighted by molar-refractivity contribution is 6.19. The highest BCUT2D eigenvalue weighted by atomic mass is 19.4. The zero-order valence-corrected chi connectivity index (χ0v) is 10.8. The Kier molecular flexibility index (Phi) is 3.69. The molecule has 20 heavy (non-hydrogen) atoms. The minimum atomic E-state index is -4.51. The number of rotatable bonds is 3. The van der Waals surface area contributed by atoms with Crippen LogP contribution in [-0.2, 0) is 11.0 Å². The molecule has 0 saturated carbocycles. The molecule has 4 nitrogen and oxygen atoms in total. The van der Waals surface area contributed by atoms with Crippen molar-refractivity contribution in [1.29, 1.82) is 0 Å². The molecule has 3 amide bonds. The third kappa shape index (κ3) is 2.61. The van der Waals surface area contributed by atoms with Crippen LogP contribution in [0, 0.1) is 0 Å². The molecule has 0 unspecified atom stereocenters. The number of anilines is 1. The smallest absolute Gasteiger partial charge is 0.315 e. The lowest BCUT2D eigenvalue weighted by Gasteiger charge is -2.17. The van der Waals surface area contributed by atoms with Gasteiger partial charge in [-0.2, -0.15) is 13.2 Å². The van der Waals surface area contributed by atoms with Crippen LogP contribution in [-0.4, -0.2) is 29.9 Å². The summed E-state index contributed by atoms with van der Waals surface area (Å²) in [5.41, 5.74) is -0.932. The van der Waals surface area contributed by atoms with E-state index in [9.17, 15) is 22.8 Å². The Hall–Kier alpha value is -2.05. The molecule has 1 heterocycles. The number of hydrogen-bond donors (Lipinski definition) is 0. The van der Waals surface area contributed by atoms with Crippen LogP contribution in [0.1, 0.15) is 18.9 Å². The van der Waals surface area contributed by atoms with Crippen LogP contribution in [0.25, 0.3) is 0 Å². The molecule has 1 saturated heterocycles. The fourth-order valence-corrected chi connectivity index (χ4v) is 2.07. The maximum Gasteiger partial charge on any atom is 0.416 e. The van der Waals surface area contributed by atoms with Crippen molar-refractivity contribution < 1.29 is 22.8 Å². The highest BCUT2D eigenvalue weighted by Crippen LogP contribution is 2.32. The number of carbonyl (C=O) groups excluding carboxylic acids is 2. The predicted octanol–water partition coefficient (Wildman–Crippen LogP) is 2.88. The summed E-state index contributed by atoms with van der Waals surface area (Å²) in [5, 5.41) is 0. The first-order valence-corrected chi connectivity index (χ1v) is 6.13. The van der Waals surface area contributed by atoms with Gasteiger partial charge in [0.05, 0.1) is 11.3 Å². The Labute approximate surface area is 113 Å². The Morgan fingerprint density at radius 2 is 1.95 bits per heavy atom. The van der Waals surface area contributed by atoms with Gasteiger partial charge in [-0.05, 0) is 24.6 Å². The first-order chi connectivity index (χ1) is 9.34. The number of amides is 3. The highest BCUT2D eigenvalue weighted by Gasteiger charge is 2.38. The molecule has 0 radical (unpaired) electrons. The largest absolute Gasteiger partial charge is 0.416 e. The molecule has 0 aliphatic carbocycles. The van der Waals surface area contributed by atoms with E-state index in [4.69, 9.17) is 0 Å². The van der Waals surface area contributed by atoms with E-state index in [1.165, 1.54) is 17.0 Å². The molecule has 1 aliphatic heterocycles. The molecule has 1 fully saturated rings. The standard InChI is InChI=1S/C13H13F3N2O2/c1-2-6-17-8-11(19)18(12(17)20)10-5-3-4-9(7-10)13(14,15)16/h3-5,7H,2,6,8H2,1H3. The monoisotopic (exact) mass is 286 g/mol. The number of hydrogen-bond acceptors (Lipinski definition) is 2. The average molecular weight is 286 g/mol. The van der Waals surface area contributed by atoms with E-state index >= 15 is 0 Å². The summed E-state index contributed by atoms with van der Waals surface area (Å²) in [5.74, 6) is -0.511. The van der Waals surface area contributed by atoms with Gasteiger partial charge in [0.15, 0.2) is 0 Å². The molecule has 0 N–H and O–H groups in total. The SMILES string of the molecule is CCCN1CC(=O)N(c2cccc(C(F)(F)F)c2)C1=O. The maximum atomic E-state index is 12.6. The quantitative estimate of drug-likeness (QED) is 0.802. The first kappa shape index (κ1) is 14.4. The van der Waals surface area contributed by atoms with Crippen LogP contribution >= 0.6 is 0 Å². The Morgan fingerprint density at radius 3 is 2.55 bits per heavy atom. The van der Waals surface area contributed by atoms with E-state index in [-0.39, 0.29) is 12.2 Å². The van der Waals surface area contributed by atoms with Crippen LogP contribution in [0.2, 0.25) is 0 Å². The minimum Gasteiger partial charge on any atom is -0.315 e. The zero-order chi connectivity index (χ0) is 14.9. The van der Waals surface area contributed by atoms with Crippen molar-refractivity contribution in [3.05, 3.63) is 29.8 Å². The van der Waals surface area contributed by atoms with E-state index < -0.39 is 23.7 Å². The van der Waals surface area contributed by atoms with E-state index in [1.54, 1.807) is 0 Å². The maximum absolute atomic E-state index is 12.6. The normalized spacial score (nSPS) is 16.2. The van der Waals surface area contributed by atoms with Crippen molar-refractivity contribution in [2.24, 2.45) is 0 Å². The van der Waals surface area contributed by atoms with Crippen LogP contribution in [0.5, 0.6) is 0 Å². The summed E-state index contributed by atoms with van der Waals surface area (Å²) in [6.07, 6.45) is -3.83. The molecule has 1 aromatic carbocycles. The van der Waals surface area contributed by atoms with E-state index in [0.717, 1.165) is 17.0 Å². The van der Waals surface area contributed by atoms with Crippen molar-refractivity contribution in [2.45, 2.75) is 19.5 Å². The van der Waals surface area contributed by atoms with Crippen molar-refractivity contribution in [3.63, 3.8) is 0 Å². The number of halogens is 3. The van der Waals surface area contributed by atoms with Gasteiger partial charge in [-0.15, -0.1) is 0 Å². The molecule has 7 heteroatoms. The number of carbonyl (C=O) groups is 2. The summed E-state index contributed by atoms with van der Waals surface area (Å²) in [7, 11) is 0. The molecule has 2 rings (SSSR count). The number of benzene rings is 1. The van der Waals surface area contributed by atoms with Gasteiger partial charge in [-0.1, -0.05) is 13.0 Å². The number of urea groups is 1. The number of imide groups is 1. The lowest BCUT2D eigenvalue weighted by atomic mass is 10.2. The van der Waals surface area contributed by atoms with Crippen LogP contribution in [0.15, 0.2) is 24.3 Å².